The van der Waals surface area contributed by atoms with Crippen molar-refractivity contribution in [2.45, 2.75) is 25.9 Å². The number of hydrogen-bond donors (Lipinski definition) is 0. The molecule has 1 aromatic rings. The van der Waals surface area contributed by atoms with Crippen molar-refractivity contribution in [3.8, 4) is 6.07 Å². The van der Waals surface area contributed by atoms with E-state index < -0.39 is 5.82 Å². The summed E-state index contributed by atoms with van der Waals surface area (Å²) in [7, 11) is 2.10. The van der Waals surface area contributed by atoms with Gasteiger partial charge in [0.05, 0.1) is 5.69 Å². The van der Waals surface area contributed by atoms with Gasteiger partial charge in [0.15, 0.2) is 0 Å². The molecule has 0 N–H and O–H groups in total. The van der Waals surface area contributed by atoms with Crippen LogP contribution in [0.1, 0.15) is 19.4 Å². The largest absolute Gasteiger partial charge is 0.367 e. The van der Waals surface area contributed by atoms with Gasteiger partial charge in [0.25, 0.3) is 0 Å². The maximum Gasteiger partial charge on any atom is 0.143 e. The standard InChI is InChI=1S/C14H18FN3/c1-10-8-18(9-11(2)17(10)3)14-6-4-5-13(15)12(14)7-16/h4-6,10-11H,8-9H2,1-3H3. The normalized spacial score (nSPS) is 24.9. The van der Waals surface area contributed by atoms with E-state index in [1.165, 1.54) is 6.07 Å². The van der Waals surface area contributed by atoms with Crippen LogP contribution in [0.3, 0.4) is 0 Å². The molecule has 1 aliphatic rings. The molecule has 0 aromatic heterocycles. The van der Waals surface area contributed by atoms with Crippen LogP contribution in [0.4, 0.5) is 10.1 Å². The molecular formula is C14H18FN3. The Labute approximate surface area is 107 Å². The summed E-state index contributed by atoms with van der Waals surface area (Å²) in [5, 5.41) is 9.09. The minimum absolute atomic E-state index is 0.154. The predicted octanol–water partition coefficient (Wildman–Crippen LogP) is 2.23. The van der Waals surface area contributed by atoms with Crippen molar-refractivity contribution in [3.05, 3.63) is 29.6 Å². The summed E-state index contributed by atoms with van der Waals surface area (Å²) in [4.78, 5) is 4.42. The maximum absolute atomic E-state index is 13.6. The van der Waals surface area contributed by atoms with Crippen molar-refractivity contribution in [2.24, 2.45) is 0 Å². The van der Waals surface area contributed by atoms with Gasteiger partial charge < -0.3 is 4.90 Å². The van der Waals surface area contributed by atoms with Gasteiger partial charge in [0.2, 0.25) is 0 Å². The second kappa shape index (κ2) is 4.95. The molecule has 1 saturated heterocycles. The van der Waals surface area contributed by atoms with Crippen LogP contribution in [0, 0.1) is 17.1 Å². The number of likely N-dealkylation sites (N-methyl/N-ethyl adjacent to an activating group) is 1. The number of benzene rings is 1. The van der Waals surface area contributed by atoms with E-state index in [2.05, 4.69) is 30.7 Å². The van der Waals surface area contributed by atoms with E-state index >= 15 is 0 Å². The van der Waals surface area contributed by atoms with E-state index in [0.29, 0.717) is 17.8 Å². The lowest BCUT2D eigenvalue weighted by Crippen LogP contribution is -2.55. The van der Waals surface area contributed by atoms with Crippen molar-refractivity contribution < 1.29 is 4.39 Å². The fraction of sp³-hybridized carbons (Fsp3) is 0.500. The second-order valence-electron chi connectivity index (χ2n) is 5.01. The van der Waals surface area contributed by atoms with Crippen molar-refractivity contribution >= 4 is 5.69 Å². The molecule has 0 saturated carbocycles. The quantitative estimate of drug-likeness (QED) is 0.762. The molecule has 0 aliphatic carbocycles. The van der Waals surface area contributed by atoms with Crippen LogP contribution in [-0.2, 0) is 0 Å². The minimum atomic E-state index is -0.436. The number of hydrogen-bond acceptors (Lipinski definition) is 3. The average Bonchev–Trinajstić information content (AvgIpc) is 2.35. The summed E-state index contributed by atoms with van der Waals surface area (Å²) < 4.78 is 13.6. The van der Waals surface area contributed by atoms with Gasteiger partial charge in [-0.3, -0.25) is 4.90 Å². The monoisotopic (exact) mass is 247 g/mol. The highest BCUT2D eigenvalue weighted by atomic mass is 19.1. The van der Waals surface area contributed by atoms with Gasteiger partial charge in [-0.2, -0.15) is 5.26 Å². The van der Waals surface area contributed by atoms with Crippen LogP contribution in [-0.4, -0.2) is 37.1 Å². The second-order valence-corrected chi connectivity index (χ2v) is 5.01. The number of rotatable bonds is 1. The SMILES string of the molecule is CC1CN(c2cccc(F)c2C#N)CC(C)N1C. The fourth-order valence-corrected chi connectivity index (χ4v) is 2.49. The first-order chi connectivity index (χ1) is 8.54. The zero-order valence-corrected chi connectivity index (χ0v) is 11.0. The molecule has 3 nitrogen and oxygen atoms in total. The third-order valence-corrected chi connectivity index (χ3v) is 3.80. The van der Waals surface area contributed by atoms with Gasteiger partial charge in [0, 0.05) is 25.2 Å². The van der Waals surface area contributed by atoms with E-state index in [1.54, 1.807) is 6.07 Å². The number of anilines is 1. The topological polar surface area (TPSA) is 30.3 Å². The fourth-order valence-electron chi connectivity index (χ4n) is 2.49. The van der Waals surface area contributed by atoms with Crippen LogP contribution < -0.4 is 4.90 Å². The molecule has 4 heteroatoms. The van der Waals surface area contributed by atoms with E-state index in [9.17, 15) is 4.39 Å². The van der Waals surface area contributed by atoms with Gasteiger partial charge in [-0.05, 0) is 33.0 Å². The molecule has 0 radical (unpaired) electrons. The molecule has 2 atom stereocenters. The molecule has 18 heavy (non-hydrogen) atoms. The molecule has 0 spiro atoms. The van der Waals surface area contributed by atoms with Crippen molar-refractivity contribution in [2.75, 3.05) is 25.0 Å². The summed E-state index contributed by atoms with van der Waals surface area (Å²) in [6.07, 6.45) is 0. The highest BCUT2D eigenvalue weighted by Crippen LogP contribution is 2.26. The lowest BCUT2D eigenvalue weighted by atomic mass is 10.1. The van der Waals surface area contributed by atoms with Crippen LogP contribution in [0.5, 0.6) is 0 Å². The van der Waals surface area contributed by atoms with Gasteiger partial charge in [0.1, 0.15) is 17.4 Å². The van der Waals surface area contributed by atoms with E-state index in [0.717, 1.165) is 13.1 Å². The highest BCUT2D eigenvalue weighted by Gasteiger charge is 2.28. The molecule has 2 rings (SSSR count). The Morgan fingerprint density at radius 2 is 1.89 bits per heavy atom. The Bertz CT molecular complexity index is 468. The summed E-state index contributed by atoms with van der Waals surface area (Å²) in [5.41, 5.74) is 0.866. The van der Waals surface area contributed by atoms with Crippen molar-refractivity contribution in [1.29, 1.82) is 5.26 Å². The van der Waals surface area contributed by atoms with Gasteiger partial charge in [-0.15, -0.1) is 0 Å². The molecule has 1 aliphatic heterocycles. The van der Waals surface area contributed by atoms with Gasteiger partial charge in [-0.1, -0.05) is 6.07 Å². The number of halogens is 1. The van der Waals surface area contributed by atoms with Crippen molar-refractivity contribution in [3.63, 3.8) is 0 Å². The first kappa shape index (κ1) is 12.8. The highest BCUT2D eigenvalue weighted by molar-refractivity contribution is 5.60. The van der Waals surface area contributed by atoms with Crippen LogP contribution in [0.25, 0.3) is 0 Å². The van der Waals surface area contributed by atoms with Gasteiger partial charge >= 0.3 is 0 Å². The molecule has 0 amide bonds. The summed E-state index contributed by atoms with van der Waals surface area (Å²) in [6, 6.07) is 7.59. The smallest absolute Gasteiger partial charge is 0.143 e. The Morgan fingerprint density at radius 1 is 1.28 bits per heavy atom. The summed E-state index contributed by atoms with van der Waals surface area (Å²) in [5.74, 6) is -0.436. The third-order valence-electron chi connectivity index (χ3n) is 3.80. The number of nitriles is 1. The predicted molar refractivity (Wildman–Crippen MR) is 70.0 cm³/mol. The van der Waals surface area contributed by atoms with Gasteiger partial charge in [-0.25, -0.2) is 4.39 Å². The zero-order chi connectivity index (χ0) is 13.3. The average molecular weight is 247 g/mol. The number of nitrogens with zero attached hydrogens (tertiary/aromatic N) is 3. The Morgan fingerprint density at radius 3 is 2.44 bits per heavy atom. The summed E-state index contributed by atoms with van der Waals surface area (Å²) >= 11 is 0. The Kier molecular flexibility index (Phi) is 3.53. The number of piperazine rings is 1. The van der Waals surface area contributed by atoms with E-state index in [-0.39, 0.29) is 5.56 Å². The Balaban J connectivity index is 2.33. The first-order valence-corrected chi connectivity index (χ1v) is 6.20. The van der Waals surface area contributed by atoms with Crippen molar-refractivity contribution in [1.82, 2.24) is 4.90 Å². The maximum atomic E-state index is 13.6. The zero-order valence-electron chi connectivity index (χ0n) is 11.0. The van der Waals surface area contributed by atoms with E-state index in [1.807, 2.05) is 12.1 Å². The van der Waals surface area contributed by atoms with Crippen LogP contribution in [0.15, 0.2) is 18.2 Å². The third kappa shape index (κ3) is 2.19. The summed E-state index contributed by atoms with van der Waals surface area (Å²) in [6.45, 7) is 5.93. The molecular weight excluding hydrogens is 229 g/mol. The lowest BCUT2D eigenvalue weighted by molar-refractivity contribution is 0.170. The Hall–Kier alpha value is -1.60. The molecule has 2 unspecified atom stereocenters. The molecule has 1 fully saturated rings. The molecule has 96 valence electrons. The minimum Gasteiger partial charge on any atom is -0.367 e. The van der Waals surface area contributed by atoms with E-state index in [4.69, 9.17) is 5.26 Å². The molecule has 1 aromatic carbocycles. The van der Waals surface area contributed by atoms with Crippen LogP contribution in [0.2, 0.25) is 0 Å². The first-order valence-electron chi connectivity index (χ1n) is 6.20. The molecule has 1 heterocycles. The van der Waals surface area contributed by atoms with Crippen LogP contribution >= 0.6 is 0 Å². The lowest BCUT2D eigenvalue weighted by Gasteiger charge is -2.43. The molecule has 0 bridgehead atoms.